The van der Waals surface area contributed by atoms with Crippen molar-refractivity contribution in [3.63, 3.8) is 0 Å². The van der Waals surface area contributed by atoms with Crippen LogP contribution >= 0.6 is 0 Å². The van der Waals surface area contributed by atoms with E-state index in [9.17, 15) is 0 Å². The summed E-state index contributed by atoms with van der Waals surface area (Å²) in [6, 6.07) is 8.44. The molecule has 0 aromatic heterocycles. The van der Waals surface area contributed by atoms with E-state index >= 15 is 0 Å². The molecule has 1 rings (SSSR count). The number of rotatable bonds is 10. The van der Waals surface area contributed by atoms with E-state index in [1.165, 1.54) is 44.5 Å². The van der Waals surface area contributed by atoms with Crippen LogP contribution in [-0.4, -0.2) is 31.1 Å². The van der Waals surface area contributed by atoms with Crippen molar-refractivity contribution < 1.29 is 4.74 Å². The van der Waals surface area contributed by atoms with Gasteiger partial charge in [-0.05, 0) is 49.5 Å². The third-order valence-electron chi connectivity index (χ3n) is 4.22. The predicted molar refractivity (Wildman–Crippen MR) is 96.9 cm³/mol. The van der Waals surface area contributed by atoms with Gasteiger partial charge in [0.05, 0.1) is 6.61 Å². The van der Waals surface area contributed by atoms with Crippen LogP contribution in [0.1, 0.15) is 65.9 Å². The highest BCUT2D eigenvalue weighted by molar-refractivity contribution is 5.38. The van der Waals surface area contributed by atoms with Crippen LogP contribution in [0.4, 0.5) is 0 Å². The minimum Gasteiger partial charge on any atom is -0.493 e. The molecule has 22 heavy (non-hydrogen) atoms. The first-order valence-corrected chi connectivity index (χ1v) is 8.93. The molecule has 1 aromatic rings. The zero-order valence-electron chi connectivity index (χ0n) is 15.3. The number of nitrogens with zero attached hydrogens (tertiary/aromatic N) is 1. The summed E-state index contributed by atoms with van der Waals surface area (Å²) in [6.45, 7) is 15.6. The molecule has 0 spiro atoms. The number of hydrogen-bond donors (Lipinski definition) is 0. The van der Waals surface area contributed by atoms with Gasteiger partial charge < -0.3 is 9.64 Å². The van der Waals surface area contributed by atoms with Gasteiger partial charge in [-0.1, -0.05) is 65.7 Å². The van der Waals surface area contributed by atoms with Crippen LogP contribution in [0.15, 0.2) is 24.3 Å². The van der Waals surface area contributed by atoms with Gasteiger partial charge in [-0.2, -0.15) is 0 Å². The summed E-state index contributed by atoms with van der Waals surface area (Å²) in [5.41, 5.74) is 1.44. The van der Waals surface area contributed by atoms with Crippen molar-refractivity contribution in [3.05, 3.63) is 29.8 Å². The number of unbranched alkanes of at least 4 members (excludes halogenated alkanes) is 3. The van der Waals surface area contributed by atoms with Gasteiger partial charge in [0.2, 0.25) is 0 Å². The Bertz CT molecular complexity index is 404. The second-order valence-electron chi connectivity index (χ2n) is 7.04. The third kappa shape index (κ3) is 6.83. The molecule has 0 fully saturated rings. The van der Waals surface area contributed by atoms with E-state index in [1.54, 1.807) is 0 Å². The quantitative estimate of drug-likeness (QED) is 0.546. The molecule has 0 saturated carbocycles. The van der Waals surface area contributed by atoms with Gasteiger partial charge in [-0.25, -0.2) is 0 Å². The molecule has 0 aliphatic carbocycles. The molecular weight excluding hydrogens is 270 g/mol. The van der Waals surface area contributed by atoms with Crippen molar-refractivity contribution in [1.82, 2.24) is 4.90 Å². The van der Waals surface area contributed by atoms with E-state index in [-0.39, 0.29) is 5.41 Å². The van der Waals surface area contributed by atoms with Gasteiger partial charge in [-0.3, -0.25) is 0 Å². The Morgan fingerprint density at radius 1 is 0.909 bits per heavy atom. The van der Waals surface area contributed by atoms with E-state index in [0.29, 0.717) is 0 Å². The summed E-state index contributed by atoms with van der Waals surface area (Å²) < 4.78 is 6.02. The normalized spacial score (nSPS) is 11.9. The molecule has 0 N–H and O–H groups in total. The average Bonchev–Trinajstić information content (AvgIpc) is 2.49. The maximum atomic E-state index is 6.02. The number of hydrogen-bond acceptors (Lipinski definition) is 2. The van der Waals surface area contributed by atoms with E-state index in [4.69, 9.17) is 4.74 Å². The van der Waals surface area contributed by atoms with Crippen LogP contribution in [0, 0.1) is 0 Å². The van der Waals surface area contributed by atoms with Crippen LogP contribution in [0.25, 0.3) is 0 Å². The summed E-state index contributed by atoms with van der Waals surface area (Å²) >= 11 is 0. The number of para-hydroxylation sites is 1. The molecule has 0 unspecified atom stereocenters. The average molecular weight is 306 g/mol. The zero-order valence-corrected chi connectivity index (χ0v) is 15.3. The van der Waals surface area contributed by atoms with Crippen molar-refractivity contribution in [3.8, 4) is 5.75 Å². The van der Waals surface area contributed by atoms with Crippen molar-refractivity contribution in [2.24, 2.45) is 0 Å². The predicted octanol–water partition coefficient (Wildman–Crippen LogP) is 5.27. The second-order valence-corrected chi connectivity index (χ2v) is 7.04. The molecule has 0 radical (unpaired) electrons. The summed E-state index contributed by atoms with van der Waals surface area (Å²) in [5.74, 6) is 1.05. The van der Waals surface area contributed by atoms with Crippen molar-refractivity contribution in [2.45, 2.75) is 65.7 Å². The fraction of sp³-hybridized carbons (Fsp3) is 0.700. The van der Waals surface area contributed by atoms with Crippen LogP contribution in [-0.2, 0) is 5.41 Å². The van der Waals surface area contributed by atoms with Crippen molar-refractivity contribution in [1.29, 1.82) is 0 Å². The van der Waals surface area contributed by atoms with E-state index < -0.39 is 0 Å². The lowest BCUT2D eigenvalue weighted by molar-refractivity contribution is 0.282. The standard InChI is InChI=1S/C20H35NO/c1-6-21(7-2)16-12-8-9-13-17-22-19-15-11-10-14-18(19)20(3,4)5/h10-11,14-15H,6-9,12-13,16-17H2,1-5H3. The summed E-state index contributed by atoms with van der Waals surface area (Å²) in [4.78, 5) is 2.50. The fourth-order valence-electron chi connectivity index (χ4n) is 2.73. The van der Waals surface area contributed by atoms with Crippen LogP contribution < -0.4 is 4.74 Å². The van der Waals surface area contributed by atoms with Gasteiger partial charge in [0.1, 0.15) is 5.75 Å². The highest BCUT2D eigenvalue weighted by Crippen LogP contribution is 2.30. The van der Waals surface area contributed by atoms with Crippen LogP contribution in [0.2, 0.25) is 0 Å². The molecule has 0 aliphatic rings. The number of benzene rings is 1. The molecule has 1 aromatic carbocycles. The highest BCUT2D eigenvalue weighted by atomic mass is 16.5. The Morgan fingerprint density at radius 2 is 1.55 bits per heavy atom. The molecule has 0 bridgehead atoms. The Balaban J connectivity index is 2.23. The molecule has 2 nitrogen and oxygen atoms in total. The SMILES string of the molecule is CCN(CC)CCCCCCOc1ccccc1C(C)(C)C. The van der Waals surface area contributed by atoms with Crippen LogP contribution in [0.3, 0.4) is 0 Å². The van der Waals surface area contributed by atoms with Gasteiger partial charge in [0.25, 0.3) is 0 Å². The van der Waals surface area contributed by atoms with Crippen LogP contribution in [0.5, 0.6) is 5.75 Å². The van der Waals surface area contributed by atoms with Crippen molar-refractivity contribution in [2.75, 3.05) is 26.2 Å². The zero-order chi connectivity index (χ0) is 16.4. The molecule has 0 aliphatic heterocycles. The Hall–Kier alpha value is -1.02. The summed E-state index contributed by atoms with van der Waals surface area (Å²) in [6.07, 6.45) is 5.02. The molecule has 0 atom stereocenters. The van der Waals surface area contributed by atoms with Gasteiger partial charge >= 0.3 is 0 Å². The monoisotopic (exact) mass is 305 g/mol. The molecule has 126 valence electrons. The molecule has 2 heteroatoms. The maximum Gasteiger partial charge on any atom is 0.123 e. The lowest BCUT2D eigenvalue weighted by atomic mass is 9.86. The van der Waals surface area contributed by atoms with Gasteiger partial charge in [0.15, 0.2) is 0 Å². The Labute approximate surface area is 137 Å². The smallest absolute Gasteiger partial charge is 0.123 e. The molecular formula is C20H35NO. The van der Waals surface area contributed by atoms with Gasteiger partial charge in [-0.15, -0.1) is 0 Å². The second kappa shape index (κ2) is 9.89. The first-order valence-electron chi connectivity index (χ1n) is 8.93. The minimum atomic E-state index is 0.139. The lowest BCUT2D eigenvalue weighted by Gasteiger charge is -2.22. The van der Waals surface area contributed by atoms with Gasteiger partial charge in [0, 0.05) is 0 Å². The molecule has 0 saturated heterocycles. The molecule has 0 amide bonds. The lowest BCUT2D eigenvalue weighted by Crippen LogP contribution is -2.23. The fourth-order valence-corrected chi connectivity index (χ4v) is 2.73. The first-order chi connectivity index (χ1) is 10.5. The first kappa shape index (κ1) is 19.0. The summed E-state index contributed by atoms with van der Waals surface area (Å²) in [7, 11) is 0. The van der Waals surface area contributed by atoms with E-state index in [1.807, 2.05) is 0 Å². The number of ether oxygens (including phenoxy) is 1. The summed E-state index contributed by atoms with van der Waals surface area (Å²) in [5, 5.41) is 0. The minimum absolute atomic E-state index is 0.139. The molecule has 0 heterocycles. The highest BCUT2D eigenvalue weighted by Gasteiger charge is 2.18. The Morgan fingerprint density at radius 3 is 2.18 bits per heavy atom. The van der Waals surface area contributed by atoms with Crippen molar-refractivity contribution >= 4 is 0 Å². The third-order valence-corrected chi connectivity index (χ3v) is 4.22. The topological polar surface area (TPSA) is 12.5 Å². The Kier molecular flexibility index (Phi) is 8.55. The maximum absolute atomic E-state index is 6.02. The largest absolute Gasteiger partial charge is 0.493 e. The van der Waals surface area contributed by atoms with E-state index in [0.717, 1.165) is 18.8 Å². The van der Waals surface area contributed by atoms with E-state index in [2.05, 4.69) is 63.8 Å².